The summed E-state index contributed by atoms with van der Waals surface area (Å²) in [6, 6.07) is 8.86. The minimum absolute atomic E-state index is 0.235. The number of benzene rings is 1. The highest BCUT2D eigenvalue weighted by molar-refractivity contribution is 7.98. The predicted octanol–water partition coefficient (Wildman–Crippen LogP) is 2.24. The van der Waals surface area contributed by atoms with Crippen LogP contribution >= 0.6 is 11.8 Å². The van der Waals surface area contributed by atoms with Gasteiger partial charge in [0.2, 0.25) is 0 Å². The van der Waals surface area contributed by atoms with Gasteiger partial charge in [0.1, 0.15) is 12.4 Å². The Bertz CT molecular complexity index is 351. The maximum Gasteiger partial charge on any atom is 0.119 e. The van der Waals surface area contributed by atoms with Gasteiger partial charge in [0, 0.05) is 24.0 Å². The highest BCUT2D eigenvalue weighted by atomic mass is 32.2. The Balaban J connectivity index is 1.72. The smallest absolute Gasteiger partial charge is 0.119 e. The zero-order valence-corrected chi connectivity index (χ0v) is 11.7. The van der Waals surface area contributed by atoms with Gasteiger partial charge in [0.25, 0.3) is 0 Å². The summed E-state index contributed by atoms with van der Waals surface area (Å²) in [4.78, 5) is 3.57. The van der Waals surface area contributed by atoms with E-state index in [0.29, 0.717) is 12.6 Å². The maximum atomic E-state index is 9.00. The fraction of sp³-hybridized carbons (Fsp3) is 0.571. The number of hydrogen-bond acceptors (Lipinski definition) is 4. The summed E-state index contributed by atoms with van der Waals surface area (Å²) in [5.74, 6) is 0.924. The number of aliphatic hydroxyl groups is 1. The van der Waals surface area contributed by atoms with Crippen molar-refractivity contribution >= 4 is 11.8 Å². The number of nitrogens with zero attached hydrogens (tertiary/aromatic N) is 1. The van der Waals surface area contributed by atoms with Gasteiger partial charge in [0.15, 0.2) is 0 Å². The zero-order chi connectivity index (χ0) is 12.8. The van der Waals surface area contributed by atoms with E-state index in [-0.39, 0.29) is 6.61 Å². The van der Waals surface area contributed by atoms with Gasteiger partial charge in [-0.1, -0.05) is 0 Å². The average Bonchev–Trinajstić information content (AvgIpc) is 3.23. The second-order valence-electron chi connectivity index (χ2n) is 4.51. The molecule has 1 aliphatic carbocycles. The first-order chi connectivity index (χ1) is 8.83. The van der Waals surface area contributed by atoms with Crippen LogP contribution in [-0.4, -0.2) is 48.6 Å². The predicted molar refractivity (Wildman–Crippen MR) is 75.4 cm³/mol. The van der Waals surface area contributed by atoms with Crippen LogP contribution in [0.15, 0.2) is 29.2 Å². The second kappa shape index (κ2) is 7.02. The van der Waals surface area contributed by atoms with Crippen molar-refractivity contribution in [1.29, 1.82) is 0 Å². The molecule has 3 nitrogen and oxygen atoms in total. The molecule has 1 N–H and O–H groups in total. The molecule has 1 aromatic rings. The standard InChI is InChI=1S/C14H21NO2S/c1-18-14-6-4-13(5-7-14)17-11-9-15(8-10-16)12-2-3-12/h4-7,12,16H,2-3,8-11H2,1H3. The van der Waals surface area contributed by atoms with E-state index >= 15 is 0 Å². The summed E-state index contributed by atoms with van der Waals surface area (Å²) >= 11 is 1.73. The molecule has 1 fully saturated rings. The fourth-order valence-corrected chi connectivity index (χ4v) is 2.41. The molecule has 0 aliphatic heterocycles. The van der Waals surface area contributed by atoms with Crippen molar-refractivity contribution in [1.82, 2.24) is 4.90 Å². The van der Waals surface area contributed by atoms with Gasteiger partial charge < -0.3 is 9.84 Å². The SMILES string of the molecule is CSc1ccc(OCCN(CCO)C2CC2)cc1. The highest BCUT2D eigenvalue weighted by Crippen LogP contribution is 2.26. The molecule has 1 saturated carbocycles. The number of thioether (sulfide) groups is 1. The molecule has 0 spiro atoms. The van der Waals surface area contributed by atoms with E-state index < -0.39 is 0 Å². The van der Waals surface area contributed by atoms with Crippen LogP contribution in [-0.2, 0) is 0 Å². The molecule has 0 radical (unpaired) electrons. The molecule has 100 valence electrons. The van der Waals surface area contributed by atoms with Gasteiger partial charge in [0.05, 0.1) is 6.61 Å². The number of hydrogen-bond donors (Lipinski definition) is 1. The molecule has 0 heterocycles. The number of aliphatic hydroxyl groups excluding tert-OH is 1. The third kappa shape index (κ3) is 4.19. The largest absolute Gasteiger partial charge is 0.492 e. The third-order valence-corrected chi connectivity index (χ3v) is 3.90. The van der Waals surface area contributed by atoms with Crippen LogP contribution in [0.25, 0.3) is 0 Å². The molecule has 0 unspecified atom stereocenters. The lowest BCUT2D eigenvalue weighted by molar-refractivity contribution is 0.162. The quantitative estimate of drug-likeness (QED) is 0.732. The van der Waals surface area contributed by atoms with Gasteiger partial charge in [-0.15, -0.1) is 11.8 Å². The molecule has 0 bridgehead atoms. The molecule has 0 atom stereocenters. The lowest BCUT2D eigenvalue weighted by atomic mass is 10.3. The first-order valence-corrected chi connectivity index (χ1v) is 7.67. The van der Waals surface area contributed by atoms with Gasteiger partial charge in [-0.3, -0.25) is 4.90 Å². The van der Waals surface area contributed by atoms with Crippen molar-refractivity contribution in [3.63, 3.8) is 0 Å². The molecule has 0 saturated heterocycles. The molecule has 0 amide bonds. The third-order valence-electron chi connectivity index (χ3n) is 3.16. The van der Waals surface area contributed by atoms with E-state index in [2.05, 4.69) is 23.3 Å². The van der Waals surface area contributed by atoms with Crippen LogP contribution in [0.1, 0.15) is 12.8 Å². The minimum Gasteiger partial charge on any atom is -0.492 e. The topological polar surface area (TPSA) is 32.7 Å². The van der Waals surface area contributed by atoms with E-state index in [1.165, 1.54) is 17.7 Å². The van der Waals surface area contributed by atoms with E-state index in [9.17, 15) is 0 Å². The van der Waals surface area contributed by atoms with Gasteiger partial charge in [-0.05, 0) is 43.4 Å². The first-order valence-electron chi connectivity index (χ1n) is 6.45. The lowest BCUT2D eigenvalue weighted by Gasteiger charge is -2.20. The first kappa shape index (κ1) is 13.7. The monoisotopic (exact) mass is 267 g/mol. The normalized spacial score (nSPS) is 15.1. The number of ether oxygens (including phenoxy) is 1. The van der Waals surface area contributed by atoms with Crippen LogP contribution < -0.4 is 4.74 Å². The van der Waals surface area contributed by atoms with E-state index in [0.717, 1.165) is 18.8 Å². The Kier molecular flexibility index (Phi) is 5.35. The van der Waals surface area contributed by atoms with Crippen molar-refractivity contribution < 1.29 is 9.84 Å². The summed E-state index contributed by atoms with van der Waals surface area (Å²) in [7, 11) is 0. The summed E-state index contributed by atoms with van der Waals surface area (Å²) < 4.78 is 5.73. The van der Waals surface area contributed by atoms with Crippen molar-refractivity contribution in [2.45, 2.75) is 23.8 Å². The lowest BCUT2D eigenvalue weighted by Crippen LogP contribution is -2.33. The summed E-state index contributed by atoms with van der Waals surface area (Å²) in [5, 5.41) is 9.00. The van der Waals surface area contributed by atoms with Crippen LogP contribution in [0.2, 0.25) is 0 Å². The fourth-order valence-electron chi connectivity index (χ4n) is 2.00. The highest BCUT2D eigenvalue weighted by Gasteiger charge is 2.28. The van der Waals surface area contributed by atoms with E-state index in [1.807, 2.05) is 12.1 Å². The van der Waals surface area contributed by atoms with Crippen LogP contribution in [0.4, 0.5) is 0 Å². The molecular weight excluding hydrogens is 246 g/mol. The second-order valence-corrected chi connectivity index (χ2v) is 5.39. The molecule has 18 heavy (non-hydrogen) atoms. The van der Waals surface area contributed by atoms with Gasteiger partial charge >= 0.3 is 0 Å². The minimum atomic E-state index is 0.235. The van der Waals surface area contributed by atoms with Crippen LogP contribution in [0.5, 0.6) is 5.75 Å². The maximum absolute atomic E-state index is 9.00. The van der Waals surface area contributed by atoms with Gasteiger partial charge in [-0.2, -0.15) is 0 Å². The van der Waals surface area contributed by atoms with Crippen molar-refractivity contribution in [3.8, 4) is 5.75 Å². The van der Waals surface area contributed by atoms with Crippen molar-refractivity contribution in [2.24, 2.45) is 0 Å². The molecule has 4 heteroatoms. The van der Waals surface area contributed by atoms with Crippen molar-refractivity contribution in [2.75, 3.05) is 32.6 Å². The van der Waals surface area contributed by atoms with Gasteiger partial charge in [-0.25, -0.2) is 0 Å². The van der Waals surface area contributed by atoms with Crippen molar-refractivity contribution in [3.05, 3.63) is 24.3 Å². The Hall–Kier alpha value is -0.710. The summed E-state index contributed by atoms with van der Waals surface area (Å²) in [5.41, 5.74) is 0. The Morgan fingerprint density at radius 3 is 2.56 bits per heavy atom. The van der Waals surface area contributed by atoms with Crippen LogP contribution in [0.3, 0.4) is 0 Å². The Morgan fingerprint density at radius 2 is 2.00 bits per heavy atom. The average molecular weight is 267 g/mol. The molecular formula is C14H21NO2S. The zero-order valence-electron chi connectivity index (χ0n) is 10.8. The van der Waals surface area contributed by atoms with Crippen LogP contribution in [0, 0.1) is 0 Å². The van der Waals surface area contributed by atoms with E-state index in [4.69, 9.17) is 9.84 Å². The molecule has 0 aromatic heterocycles. The van der Waals surface area contributed by atoms with E-state index in [1.54, 1.807) is 11.8 Å². The summed E-state index contributed by atoms with van der Waals surface area (Å²) in [6.07, 6.45) is 4.60. The molecule has 1 aliphatic rings. The molecule has 2 rings (SSSR count). The molecule has 1 aromatic carbocycles. The Labute approximate surface area is 113 Å². The number of rotatable bonds is 8. The summed E-state index contributed by atoms with van der Waals surface area (Å²) in [6.45, 7) is 2.59. The Morgan fingerprint density at radius 1 is 1.28 bits per heavy atom.